The molecule has 3 N–H and O–H groups in total. The Balaban J connectivity index is 1.90. The van der Waals surface area contributed by atoms with Crippen LogP contribution < -0.4 is 25.6 Å². The van der Waals surface area contributed by atoms with Crippen LogP contribution in [-0.4, -0.2) is 40.0 Å². The van der Waals surface area contributed by atoms with E-state index < -0.39 is 16.5 Å². The molecule has 0 bridgehead atoms. The van der Waals surface area contributed by atoms with Gasteiger partial charge in [-0.1, -0.05) is 17.7 Å². The Bertz CT molecular complexity index is 1110. The lowest BCUT2D eigenvalue weighted by molar-refractivity contribution is -0.383. The van der Waals surface area contributed by atoms with Crippen molar-refractivity contribution in [3.8, 4) is 11.5 Å². The van der Waals surface area contributed by atoms with Crippen LogP contribution in [0.5, 0.6) is 11.5 Å². The van der Waals surface area contributed by atoms with E-state index in [2.05, 4.69) is 31.1 Å². The molecule has 160 valence electrons. The smallest absolute Gasteiger partial charge is 0.355 e. The first-order valence-electron chi connectivity index (χ1n) is 8.60. The summed E-state index contributed by atoms with van der Waals surface area (Å²) < 4.78 is 10.4. The minimum Gasteiger partial charge on any atom is -0.495 e. The van der Waals surface area contributed by atoms with Crippen LogP contribution in [0, 0.1) is 10.1 Å². The predicted octanol–water partition coefficient (Wildman–Crippen LogP) is 2.95. The monoisotopic (exact) mass is 445 g/mol. The zero-order valence-electron chi connectivity index (χ0n) is 16.2. The van der Waals surface area contributed by atoms with Gasteiger partial charge in [0.15, 0.2) is 0 Å². The van der Waals surface area contributed by atoms with Gasteiger partial charge in [-0.25, -0.2) is 9.97 Å². The Labute approximate surface area is 180 Å². The zero-order chi connectivity index (χ0) is 22.4. The summed E-state index contributed by atoms with van der Waals surface area (Å²) in [4.78, 5) is 34.8. The number of nitro groups is 1. The number of amides is 1. The number of halogens is 1. The van der Waals surface area contributed by atoms with Crippen molar-refractivity contribution in [2.45, 2.75) is 0 Å². The molecule has 12 nitrogen and oxygen atoms in total. The van der Waals surface area contributed by atoms with Gasteiger partial charge in [-0.15, -0.1) is 0 Å². The molecule has 1 aromatic carbocycles. The highest BCUT2D eigenvalue weighted by atomic mass is 35.5. The van der Waals surface area contributed by atoms with Gasteiger partial charge in [-0.2, -0.15) is 0 Å². The van der Waals surface area contributed by atoms with Crippen LogP contribution in [0.1, 0.15) is 10.5 Å². The van der Waals surface area contributed by atoms with Gasteiger partial charge >= 0.3 is 5.69 Å². The summed E-state index contributed by atoms with van der Waals surface area (Å²) >= 11 is 6.15. The first kappa shape index (κ1) is 21.5. The van der Waals surface area contributed by atoms with Crippen molar-refractivity contribution in [1.82, 2.24) is 20.4 Å². The van der Waals surface area contributed by atoms with Gasteiger partial charge < -0.3 is 14.8 Å². The molecule has 0 unspecified atom stereocenters. The second-order valence-corrected chi connectivity index (χ2v) is 6.19. The van der Waals surface area contributed by atoms with E-state index in [0.717, 1.165) is 6.33 Å². The number of pyridine rings is 1. The Morgan fingerprint density at radius 3 is 2.48 bits per heavy atom. The molecule has 1 amide bonds. The SMILES string of the molecule is COc1cc(OC)c(Nc2ncnc(NNC(=O)c3ccccn3)c2[N+](=O)[O-])cc1Cl. The third kappa shape index (κ3) is 4.87. The highest BCUT2D eigenvalue weighted by Gasteiger charge is 2.25. The largest absolute Gasteiger partial charge is 0.495 e. The number of nitrogens with zero attached hydrogens (tertiary/aromatic N) is 4. The maximum absolute atomic E-state index is 12.1. The van der Waals surface area contributed by atoms with Crippen LogP contribution in [0.2, 0.25) is 5.02 Å². The highest BCUT2D eigenvalue weighted by Crippen LogP contribution is 2.39. The summed E-state index contributed by atoms with van der Waals surface area (Å²) in [7, 11) is 2.86. The van der Waals surface area contributed by atoms with E-state index in [4.69, 9.17) is 21.1 Å². The van der Waals surface area contributed by atoms with Crippen LogP contribution in [0.15, 0.2) is 42.9 Å². The van der Waals surface area contributed by atoms with E-state index in [1.807, 2.05) is 0 Å². The summed E-state index contributed by atoms with van der Waals surface area (Å²) in [5.41, 5.74) is 4.64. The Morgan fingerprint density at radius 1 is 1.10 bits per heavy atom. The normalized spacial score (nSPS) is 10.2. The fourth-order valence-electron chi connectivity index (χ4n) is 2.50. The van der Waals surface area contributed by atoms with Crippen LogP contribution >= 0.6 is 11.6 Å². The van der Waals surface area contributed by atoms with Gasteiger partial charge in [-0.05, 0) is 18.2 Å². The number of carbonyl (C=O) groups excluding carboxylic acids is 1. The summed E-state index contributed by atoms with van der Waals surface area (Å²) in [5, 5.41) is 14.8. The van der Waals surface area contributed by atoms with Crippen LogP contribution in [0.4, 0.5) is 23.0 Å². The lowest BCUT2D eigenvalue weighted by atomic mass is 10.2. The average Bonchev–Trinajstić information content (AvgIpc) is 2.78. The number of methoxy groups -OCH3 is 2. The number of aromatic nitrogens is 3. The van der Waals surface area contributed by atoms with Gasteiger partial charge in [0.2, 0.25) is 11.6 Å². The Kier molecular flexibility index (Phi) is 6.62. The minimum absolute atomic E-state index is 0.114. The van der Waals surface area contributed by atoms with Gasteiger partial charge in [0.1, 0.15) is 23.5 Å². The quantitative estimate of drug-likeness (QED) is 0.348. The zero-order valence-corrected chi connectivity index (χ0v) is 17.0. The van der Waals surface area contributed by atoms with E-state index in [9.17, 15) is 14.9 Å². The van der Waals surface area contributed by atoms with Crippen molar-refractivity contribution >= 4 is 40.5 Å². The van der Waals surface area contributed by atoms with E-state index >= 15 is 0 Å². The number of benzene rings is 1. The molecule has 3 rings (SSSR count). The molecular weight excluding hydrogens is 430 g/mol. The number of hydrogen-bond donors (Lipinski definition) is 3. The molecule has 0 aliphatic carbocycles. The maximum Gasteiger partial charge on any atom is 0.355 e. The van der Waals surface area contributed by atoms with E-state index in [-0.39, 0.29) is 22.4 Å². The van der Waals surface area contributed by atoms with Crippen molar-refractivity contribution in [2.24, 2.45) is 0 Å². The number of hydrazine groups is 1. The van der Waals surface area contributed by atoms with Crippen molar-refractivity contribution in [3.63, 3.8) is 0 Å². The summed E-state index contributed by atoms with van der Waals surface area (Å²) in [6.45, 7) is 0. The fourth-order valence-corrected chi connectivity index (χ4v) is 2.74. The topological polar surface area (TPSA) is 153 Å². The standard InChI is InChI=1S/C18H16ClN7O5/c1-30-13-8-14(31-2)12(7-10(13)19)23-16-15(26(28)29)17(22-9-21-16)24-25-18(27)11-5-3-4-6-20-11/h3-9H,1-2H3,(H,25,27)(H2,21,22,23,24). The molecular formula is C18H16ClN7O5. The van der Waals surface area contributed by atoms with Crippen molar-refractivity contribution in [1.29, 1.82) is 0 Å². The number of hydrogen-bond acceptors (Lipinski definition) is 10. The number of nitrogens with one attached hydrogen (secondary N) is 3. The number of carbonyl (C=O) groups is 1. The van der Waals surface area contributed by atoms with Crippen LogP contribution in [0.3, 0.4) is 0 Å². The van der Waals surface area contributed by atoms with E-state index in [1.54, 1.807) is 12.1 Å². The fraction of sp³-hybridized carbons (Fsp3) is 0.111. The van der Waals surface area contributed by atoms with Gasteiger partial charge in [0, 0.05) is 12.3 Å². The first-order valence-corrected chi connectivity index (χ1v) is 8.97. The molecule has 13 heteroatoms. The summed E-state index contributed by atoms with van der Waals surface area (Å²) in [5.74, 6) is -0.334. The molecule has 0 aliphatic rings. The maximum atomic E-state index is 12.1. The third-order valence-electron chi connectivity index (χ3n) is 3.92. The molecule has 3 aromatic rings. The second kappa shape index (κ2) is 9.54. The van der Waals surface area contributed by atoms with Gasteiger partial charge in [-0.3, -0.25) is 30.7 Å². The van der Waals surface area contributed by atoms with Gasteiger partial charge in [0.25, 0.3) is 5.91 Å². The van der Waals surface area contributed by atoms with Gasteiger partial charge in [0.05, 0.1) is 29.9 Å². The average molecular weight is 446 g/mol. The molecule has 0 radical (unpaired) electrons. The van der Waals surface area contributed by atoms with E-state index in [1.165, 1.54) is 38.6 Å². The Morgan fingerprint density at radius 2 is 1.84 bits per heavy atom. The number of rotatable bonds is 8. The molecule has 0 saturated heterocycles. The van der Waals surface area contributed by atoms with E-state index in [0.29, 0.717) is 17.2 Å². The minimum atomic E-state index is -0.699. The molecule has 31 heavy (non-hydrogen) atoms. The molecule has 0 saturated carbocycles. The molecule has 0 fully saturated rings. The van der Waals surface area contributed by atoms with Crippen LogP contribution in [-0.2, 0) is 0 Å². The summed E-state index contributed by atoms with van der Waals surface area (Å²) in [6.07, 6.45) is 2.53. The lowest BCUT2D eigenvalue weighted by Gasteiger charge is -2.14. The first-order chi connectivity index (χ1) is 14.9. The number of anilines is 3. The molecule has 2 aromatic heterocycles. The molecule has 2 heterocycles. The van der Waals surface area contributed by atoms with Crippen LogP contribution in [0.25, 0.3) is 0 Å². The number of ether oxygens (including phenoxy) is 2. The second-order valence-electron chi connectivity index (χ2n) is 5.78. The predicted molar refractivity (Wildman–Crippen MR) is 112 cm³/mol. The molecule has 0 atom stereocenters. The van der Waals surface area contributed by atoms with Crippen molar-refractivity contribution < 1.29 is 19.2 Å². The van der Waals surface area contributed by atoms with Crippen molar-refractivity contribution in [3.05, 3.63) is 63.7 Å². The molecule has 0 aliphatic heterocycles. The lowest BCUT2D eigenvalue weighted by Crippen LogP contribution is -2.31. The highest BCUT2D eigenvalue weighted by molar-refractivity contribution is 6.32. The summed E-state index contributed by atoms with van der Waals surface area (Å²) in [6, 6.07) is 7.75. The molecule has 0 spiro atoms. The van der Waals surface area contributed by atoms with Crippen molar-refractivity contribution in [2.75, 3.05) is 25.0 Å². The Hall–Kier alpha value is -4.19. The third-order valence-corrected chi connectivity index (χ3v) is 4.22.